The minimum Gasteiger partial charge on any atom is -0.497 e. The van der Waals surface area contributed by atoms with Gasteiger partial charge in [0, 0.05) is 35.5 Å². The molecular formula is C26H36Cl2N2O4S. The van der Waals surface area contributed by atoms with Crippen molar-refractivity contribution in [3.8, 4) is 11.5 Å². The van der Waals surface area contributed by atoms with E-state index in [1.807, 2.05) is 30.3 Å². The maximum Gasteiger partial charge on any atom is 0.225 e. The molecule has 3 rings (SSSR count). The number of ether oxygens (including phenoxy) is 2. The second kappa shape index (κ2) is 14.2. The Morgan fingerprint density at radius 3 is 2.63 bits per heavy atom. The molecule has 2 aromatic carbocycles. The van der Waals surface area contributed by atoms with E-state index in [-0.39, 0.29) is 30.3 Å². The van der Waals surface area contributed by atoms with Gasteiger partial charge in [0.2, 0.25) is 5.91 Å². The van der Waals surface area contributed by atoms with E-state index in [9.17, 15) is 9.90 Å². The van der Waals surface area contributed by atoms with Gasteiger partial charge >= 0.3 is 0 Å². The first kappa shape index (κ1) is 29.6. The van der Waals surface area contributed by atoms with Gasteiger partial charge in [-0.25, -0.2) is 0 Å². The van der Waals surface area contributed by atoms with Crippen LogP contribution in [0.2, 0.25) is 5.02 Å². The Bertz CT molecular complexity index is 976. The summed E-state index contributed by atoms with van der Waals surface area (Å²) in [4.78, 5) is 17.7. The molecule has 1 aliphatic heterocycles. The Balaban J connectivity index is 0.00000432. The third-order valence-corrected chi connectivity index (χ3v) is 7.30. The summed E-state index contributed by atoms with van der Waals surface area (Å²) in [5, 5.41) is 9.75. The number of aliphatic hydroxyl groups is 1. The molecule has 1 N–H and O–H groups in total. The number of rotatable bonds is 12. The smallest absolute Gasteiger partial charge is 0.225 e. The molecule has 35 heavy (non-hydrogen) atoms. The van der Waals surface area contributed by atoms with E-state index >= 15 is 0 Å². The van der Waals surface area contributed by atoms with Gasteiger partial charge in [-0.15, -0.1) is 12.4 Å². The summed E-state index contributed by atoms with van der Waals surface area (Å²) in [6, 6.07) is 11.3. The van der Waals surface area contributed by atoms with E-state index in [0.29, 0.717) is 29.8 Å². The third-order valence-electron chi connectivity index (χ3n) is 5.79. The average Bonchev–Trinajstić information content (AvgIpc) is 3.18. The van der Waals surface area contributed by atoms with Crippen LogP contribution in [-0.2, 0) is 4.79 Å². The topological polar surface area (TPSA) is 62.2 Å². The molecule has 9 heteroatoms. The zero-order valence-electron chi connectivity index (χ0n) is 20.8. The minimum atomic E-state index is -0.270. The highest BCUT2D eigenvalue weighted by Crippen LogP contribution is 2.54. The van der Waals surface area contributed by atoms with E-state index in [1.54, 1.807) is 36.8 Å². The predicted octanol–water partition coefficient (Wildman–Crippen LogP) is 6.04. The van der Waals surface area contributed by atoms with Crippen molar-refractivity contribution in [3.05, 3.63) is 47.0 Å². The minimum absolute atomic E-state index is 0. The third kappa shape index (κ3) is 7.92. The number of halogens is 2. The molecule has 0 radical (unpaired) electrons. The number of carbonyl (C=O) groups excluding carboxylic acids is 1. The summed E-state index contributed by atoms with van der Waals surface area (Å²) in [7, 11) is 1.63. The van der Waals surface area contributed by atoms with Crippen molar-refractivity contribution in [2.24, 2.45) is 5.92 Å². The molecule has 0 spiro atoms. The molecule has 194 valence electrons. The van der Waals surface area contributed by atoms with Crippen LogP contribution in [0, 0.1) is 5.92 Å². The van der Waals surface area contributed by atoms with Crippen LogP contribution in [0.3, 0.4) is 0 Å². The van der Waals surface area contributed by atoms with Crippen molar-refractivity contribution in [2.45, 2.75) is 43.9 Å². The van der Waals surface area contributed by atoms with Crippen LogP contribution in [0.1, 0.15) is 44.6 Å². The zero-order valence-corrected chi connectivity index (χ0v) is 23.2. The SMILES string of the molecule is COc1ccc(OCCCN(CCO)CCC(C)C)c(C2Sc3cc(Cl)ccc3N2C(C)=O)c1.Cl. The van der Waals surface area contributed by atoms with Crippen molar-refractivity contribution in [1.29, 1.82) is 0 Å². The Labute approximate surface area is 224 Å². The Morgan fingerprint density at radius 2 is 1.97 bits per heavy atom. The van der Waals surface area contributed by atoms with Crippen LogP contribution in [-0.4, -0.2) is 55.9 Å². The number of thioether (sulfide) groups is 1. The van der Waals surface area contributed by atoms with E-state index in [1.165, 1.54) is 0 Å². The number of carbonyl (C=O) groups is 1. The van der Waals surface area contributed by atoms with Crippen molar-refractivity contribution in [1.82, 2.24) is 4.90 Å². The monoisotopic (exact) mass is 542 g/mol. The molecule has 0 saturated carbocycles. The van der Waals surface area contributed by atoms with Gasteiger partial charge in [-0.2, -0.15) is 0 Å². The largest absolute Gasteiger partial charge is 0.497 e. The van der Waals surface area contributed by atoms with Gasteiger partial charge in [-0.1, -0.05) is 37.2 Å². The molecule has 6 nitrogen and oxygen atoms in total. The van der Waals surface area contributed by atoms with Gasteiger partial charge in [0.05, 0.1) is 26.0 Å². The van der Waals surface area contributed by atoms with Crippen molar-refractivity contribution in [3.63, 3.8) is 0 Å². The molecule has 1 atom stereocenters. The quantitative estimate of drug-likeness (QED) is 0.330. The van der Waals surface area contributed by atoms with E-state index < -0.39 is 0 Å². The summed E-state index contributed by atoms with van der Waals surface area (Å²) in [5.74, 6) is 2.03. The highest BCUT2D eigenvalue weighted by molar-refractivity contribution is 8.00. The number of amides is 1. The maximum atomic E-state index is 12.6. The first-order chi connectivity index (χ1) is 16.3. The number of benzene rings is 2. The standard InChI is InChI=1S/C26H35ClN2O4S.ClH/c1-18(2)10-12-28(13-14-30)11-5-15-33-24-9-7-21(32-4)17-22(24)26-29(19(3)31)23-8-6-20(27)16-25(23)34-26;/h6-9,16-18,26,30H,5,10-15H2,1-4H3;1H. The lowest BCUT2D eigenvalue weighted by Crippen LogP contribution is -2.31. The second-order valence-electron chi connectivity index (χ2n) is 8.82. The van der Waals surface area contributed by atoms with E-state index in [0.717, 1.165) is 47.8 Å². The normalized spacial score (nSPS) is 14.7. The molecule has 0 aliphatic carbocycles. The van der Waals surface area contributed by atoms with Gasteiger partial charge in [0.25, 0.3) is 0 Å². The highest BCUT2D eigenvalue weighted by Gasteiger charge is 2.36. The average molecular weight is 544 g/mol. The molecule has 1 heterocycles. The first-order valence-electron chi connectivity index (χ1n) is 11.7. The van der Waals surface area contributed by atoms with Gasteiger partial charge in [0.15, 0.2) is 0 Å². The van der Waals surface area contributed by atoms with Crippen LogP contribution in [0.4, 0.5) is 5.69 Å². The van der Waals surface area contributed by atoms with Crippen molar-refractivity contribution >= 4 is 47.4 Å². The summed E-state index contributed by atoms with van der Waals surface area (Å²) < 4.78 is 11.7. The van der Waals surface area contributed by atoms with Crippen LogP contribution < -0.4 is 14.4 Å². The highest BCUT2D eigenvalue weighted by atomic mass is 35.5. The summed E-state index contributed by atoms with van der Waals surface area (Å²) in [6.45, 7) is 9.20. The predicted molar refractivity (Wildman–Crippen MR) is 147 cm³/mol. The fraction of sp³-hybridized carbons (Fsp3) is 0.500. The molecule has 0 aromatic heterocycles. The van der Waals surface area contributed by atoms with Gasteiger partial charge in [-0.3, -0.25) is 9.69 Å². The van der Waals surface area contributed by atoms with Crippen LogP contribution in [0.5, 0.6) is 11.5 Å². The fourth-order valence-corrected chi connectivity index (χ4v) is 5.62. The molecule has 2 aromatic rings. The molecule has 0 fully saturated rings. The number of anilines is 1. The number of methoxy groups -OCH3 is 1. The summed E-state index contributed by atoms with van der Waals surface area (Å²) >= 11 is 7.80. The van der Waals surface area contributed by atoms with Crippen LogP contribution in [0.25, 0.3) is 0 Å². The van der Waals surface area contributed by atoms with Crippen molar-refractivity contribution < 1.29 is 19.4 Å². The van der Waals surface area contributed by atoms with Gasteiger partial charge in [0.1, 0.15) is 16.9 Å². The van der Waals surface area contributed by atoms with Crippen LogP contribution >= 0.6 is 35.8 Å². The lowest BCUT2D eigenvalue weighted by molar-refractivity contribution is -0.116. The number of fused-ring (bicyclic) bond motifs is 1. The lowest BCUT2D eigenvalue weighted by atomic mass is 10.1. The first-order valence-corrected chi connectivity index (χ1v) is 13.0. The molecule has 0 saturated heterocycles. The summed E-state index contributed by atoms with van der Waals surface area (Å²) in [5.41, 5.74) is 1.74. The second-order valence-corrected chi connectivity index (χ2v) is 10.4. The lowest BCUT2D eigenvalue weighted by Gasteiger charge is -2.26. The Kier molecular flexibility index (Phi) is 12.0. The summed E-state index contributed by atoms with van der Waals surface area (Å²) in [6.07, 6.45) is 1.95. The van der Waals surface area contributed by atoms with E-state index in [4.69, 9.17) is 21.1 Å². The molecule has 0 bridgehead atoms. The number of hydrogen-bond donors (Lipinski definition) is 1. The maximum absolute atomic E-state index is 12.6. The number of aliphatic hydroxyl groups excluding tert-OH is 1. The van der Waals surface area contributed by atoms with Gasteiger partial charge in [-0.05, 0) is 61.7 Å². The Morgan fingerprint density at radius 1 is 1.20 bits per heavy atom. The van der Waals surface area contributed by atoms with Crippen LogP contribution in [0.15, 0.2) is 41.3 Å². The molecular weight excluding hydrogens is 507 g/mol. The fourth-order valence-electron chi connectivity index (χ4n) is 3.98. The Hall–Kier alpha value is -1.64. The number of nitrogens with zero attached hydrogens (tertiary/aromatic N) is 2. The van der Waals surface area contributed by atoms with Crippen molar-refractivity contribution in [2.75, 3.05) is 44.9 Å². The number of hydrogen-bond acceptors (Lipinski definition) is 6. The zero-order chi connectivity index (χ0) is 24.7. The molecule has 1 amide bonds. The van der Waals surface area contributed by atoms with Gasteiger partial charge < -0.3 is 19.5 Å². The molecule has 1 unspecified atom stereocenters. The van der Waals surface area contributed by atoms with E-state index in [2.05, 4.69) is 18.7 Å². The molecule has 1 aliphatic rings.